The van der Waals surface area contributed by atoms with Crippen molar-refractivity contribution in [3.8, 4) is 0 Å². The molecule has 126 valence electrons. The molecule has 0 aliphatic carbocycles. The molecule has 1 rings (SSSR count). The molecule has 1 N–H and O–H groups in total. The second-order valence-electron chi connectivity index (χ2n) is 7.23. The van der Waals surface area contributed by atoms with Gasteiger partial charge in [-0.15, -0.1) is 0 Å². The first-order chi connectivity index (χ1) is 10.2. The minimum absolute atomic E-state index is 0.108. The highest BCUT2D eigenvalue weighted by Gasteiger charge is 2.37. The van der Waals surface area contributed by atoms with Gasteiger partial charge in [-0.3, -0.25) is 4.57 Å². The van der Waals surface area contributed by atoms with Crippen molar-refractivity contribution < 1.29 is 9.09 Å². The van der Waals surface area contributed by atoms with Crippen molar-refractivity contribution in [2.24, 2.45) is 5.92 Å². The molecule has 2 atom stereocenters. The van der Waals surface area contributed by atoms with Crippen molar-refractivity contribution in [3.63, 3.8) is 0 Å². The van der Waals surface area contributed by atoms with Crippen molar-refractivity contribution in [1.29, 1.82) is 0 Å². The first-order valence-corrected chi connectivity index (χ1v) is 9.96. The largest absolute Gasteiger partial charge is 0.325 e. The van der Waals surface area contributed by atoms with Crippen LogP contribution in [0.1, 0.15) is 54.4 Å². The summed E-state index contributed by atoms with van der Waals surface area (Å²) >= 11 is 0. The van der Waals surface area contributed by atoms with Gasteiger partial charge in [-0.05, 0) is 58.6 Å². The number of benzene rings is 1. The topological polar surface area (TPSA) is 38.3 Å². The summed E-state index contributed by atoms with van der Waals surface area (Å²) in [6.07, 6.45) is 1.87. The summed E-state index contributed by atoms with van der Waals surface area (Å²) in [5.74, 6) is 0.423. The lowest BCUT2D eigenvalue weighted by molar-refractivity contribution is 0.303. The molecule has 0 aliphatic rings. The van der Waals surface area contributed by atoms with Crippen LogP contribution in [0, 0.1) is 5.92 Å². The lowest BCUT2D eigenvalue weighted by atomic mass is 10.1. The van der Waals surface area contributed by atoms with Gasteiger partial charge in [0.2, 0.25) is 7.37 Å². The number of nitrogens with one attached hydrogen (secondary N) is 1. The van der Waals surface area contributed by atoms with Crippen LogP contribution < -0.4 is 10.6 Å². The molecule has 0 aromatic heterocycles. The average Bonchev–Trinajstić information content (AvgIpc) is 2.43. The smallest absolute Gasteiger partial charge is 0.248 e. The Morgan fingerprint density at radius 3 is 2.18 bits per heavy atom. The van der Waals surface area contributed by atoms with Gasteiger partial charge in [-0.2, -0.15) is 0 Å². The van der Waals surface area contributed by atoms with Gasteiger partial charge in [0.15, 0.2) is 0 Å². The average molecular weight is 325 g/mol. The third-order valence-electron chi connectivity index (χ3n) is 3.46. The van der Waals surface area contributed by atoms with E-state index in [1.54, 1.807) is 0 Å². The zero-order valence-corrected chi connectivity index (χ0v) is 15.8. The van der Waals surface area contributed by atoms with Gasteiger partial charge in [0, 0.05) is 10.8 Å². The van der Waals surface area contributed by atoms with Gasteiger partial charge in [-0.25, -0.2) is 0 Å². The molecular formula is C18H32NO2P. The fourth-order valence-electron chi connectivity index (χ4n) is 2.49. The summed E-state index contributed by atoms with van der Waals surface area (Å²) < 4.78 is 19.6. The van der Waals surface area contributed by atoms with Gasteiger partial charge < -0.3 is 9.84 Å². The Bertz CT molecular complexity index is 480. The van der Waals surface area contributed by atoms with E-state index in [1.807, 2.05) is 37.3 Å². The van der Waals surface area contributed by atoms with E-state index in [0.29, 0.717) is 12.5 Å². The molecule has 0 bridgehead atoms. The molecular weight excluding hydrogens is 293 g/mol. The number of rotatable bonds is 8. The van der Waals surface area contributed by atoms with Crippen molar-refractivity contribution in [1.82, 2.24) is 5.32 Å². The van der Waals surface area contributed by atoms with Crippen LogP contribution >= 0.6 is 7.37 Å². The third kappa shape index (κ3) is 5.87. The third-order valence-corrected chi connectivity index (χ3v) is 6.33. The van der Waals surface area contributed by atoms with E-state index in [9.17, 15) is 4.57 Å². The molecule has 22 heavy (non-hydrogen) atoms. The highest BCUT2D eigenvalue weighted by molar-refractivity contribution is 7.67. The van der Waals surface area contributed by atoms with E-state index >= 15 is 0 Å². The molecule has 1 aromatic carbocycles. The molecule has 4 heteroatoms. The van der Waals surface area contributed by atoms with Crippen molar-refractivity contribution >= 4 is 12.7 Å². The van der Waals surface area contributed by atoms with Gasteiger partial charge in [0.25, 0.3) is 0 Å². The van der Waals surface area contributed by atoms with Crippen LogP contribution in [-0.4, -0.2) is 17.9 Å². The predicted octanol–water partition coefficient (Wildman–Crippen LogP) is 4.78. The molecule has 3 nitrogen and oxygen atoms in total. The van der Waals surface area contributed by atoms with Crippen molar-refractivity contribution in [2.45, 2.75) is 65.7 Å². The monoisotopic (exact) mass is 325 g/mol. The SMILES string of the molecule is CCOP(=O)(c1ccccc1)C(CCC(C)C)NC(C)(C)C. The minimum atomic E-state index is -2.95. The Kier molecular flexibility index (Phi) is 7.31. The van der Waals surface area contributed by atoms with Gasteiger partial charge in [0.05, 0.1) is 12.4 Å². The van der Waals surface area contributed by atoms with E-state index in [1.165, 1.54) is 0 Å². The quantitative estimate of drug-likeness (QED) is 0.699. The zero-order valence-electron chi connectivity index (χ0n) is 14.9. The van der Waals surface area contributed by atoms with Crippen LogP contribution in [0.4, 0.5) is 0 Å². The Morgan fingerprint density at radius 2 is 1.73 bits per heavy atom. The van der Waals surface area contributed by atoms with Gasteiger partial charge >= 0.3 is 0 Å². The van der Waals surface area contributed by atoms with Gasteiger partial charge in [0.1, 0.15) is 0 Å². The van der Waals surface area contributed by atoms with Crippen LogP contribution in [0.5, 0.6) is 0 Å². The summed E-state index contributed by atoms with van der Waals surface area (Å²) in [5.41, 5.74) is -0.108. The molecule has 0 spiro atoms. The van der Waals surface area contributed by atoms with E-state index in [-0.39, 0.29) is 11.3 Å². The fraction of sp³-hybridized carbons (Fsp3) is 0.667. The molecule has 0 aliphatic heterocycles. The minimum Gasteiger partial charge on any atom is -0.325 e. The fourth-order valence-corrected chi connectivity index (χ4v) is 5.20. The lowest BCUT2D eigenvalue weighted by Gasteiger charge is -2.34. The maximum Gasteiger partial charge on any atom is 0.248 e. The normalized spacial score (nSPS) is 16.5. The van der Waals surface area contributed by atoms with Crippen LogP contribution in [0.2, 0.25) is 0 Å². The van der Waals surface area contributed by atoms with E-state index in [2.05, 4.69) is 39.9 Å². The van der Waals surface area contributed by atoms with Crippen LogP contribution in [0.15, 0.2) is 30.3 Å². The summed E-state index contributed by atoms with van der Waals surface area (Å²) in [6.45, 7) is 13.1. The second kappa shape index (κ2) is 8.29. The molecule has 0 saturated heterocycles. The molecule has 0 amide bonds. The van der Waals surface area contributed by atoms with Crippen molar-refractivity contribution in [3.05, 3.63) is 30.3 Å². The molecule has 0 heterocycles. The zero-order chi connectivity index (χ0) is 16.8. The molecule has 2 unspecified atom stereocenters. The Balaban J connectivity index is 3.16. The molecule has 1 aromatic rings. The van der Waals surface area contributed by atoms with Crippen LogP contribution in [0.3, 0.4) is 0 Å². The first kappa shape index (κ1) is 19.4. The Labute approximate surface area is 136 Å². The Morgan fingerprint density at radius 1 is 1.14 bits per heavy atom. The summed E-state index contributed by atoms with van der Waals surface area (Å²) in [6, 6.07) is 9.64. The van der Waals surface area contributed by atoms with Crippen LogP contribution in [-0.2, 0) is 9.09 Å². The van der Waals surface area contributed by atoms with Crippen molar-refractivity contribution in [2.75, 3.05) is 6.61 Å². The number of hydrogen-bond donors (Lipinski definition) is 1. The predicted molar refractivity (Wildman–Crippen MR) is 96.1 cm³/mol. The molecule has 0 saturated carbocycles. The lowest BCUT2D eigenvalue weighted by Crippen LogP contribution is -2.45. The van der Waals surface area contributed by atoms with E-state index < -0.39 is 7.37 Å². The highest BCUT2D eigenvalue weighted by Crippen LogP contribution is 2.52. The van der Waals surface area contributed by atoms with E-state index in [4.69, 9.17) is 4.52 Å². The van der Waals surface area contributed by atoms with Gasteiger partial charge in [-0.1, -0.05) is 32.0 Å². The van der Waals surface area contributed by atoms with E-state index in [0.717, 1.165) is 18.1 Å². The molecule has 0 radical (unpaired) electrons. The number of hydrogen-bond acceptors (Lipinski definition) is 3. The maximum atomic E-state index is 13.7. The molecule has 0 fully saturated rings. The second-order valence-corrected chi connectivity index (χ2v) is 9.82. The summed E-state index contributed by atoms with van der Waals surface area (Å²) in [4.78, 5) is 0. The highest BCUT2D eigenvalue weighted by atomic mass is 31.2. The standard InChI is InChI=1S/C18H32NO2P/c1-7-21-22(20,16-11-9-8-10-12-16)17(14-13-15(2)3)19-18(4,5)6/h8-12,15,17,19H,7,13-14H2,1-6H3. The Hall–Kier alpha value is -0.630. The first-order valence-electron chi connectivity index (χ1n) is 8.26. The maximum absolute atomic E-state index is 13.7. The summed E-state index contributed by atoms with van der Waals surface area (Å²) in [5, 5.41) is 4.36. The summed E-state index contributed by atoms with van der Waals surface area (Å²) in [7, 11) is -2.95. The van der Waals surface area contributed by atoms with Crippen LogP contribution in [0.25, 0.3) is 0 Å².